The molecule has 3 atom stereocenters. The second kappa shape index (κ2) is 8.05. The van der Waals surface area contributed by atoms with Crippen LogP contribution in [0.25, 0.3) is 11.1 Å². The van der Waals surface area contributed by atoms with Gasteiger partial charge >= 0.3 is 6.03 Å². The van der Waals surface area contributed by atoms with Gasteiger partial charge in [0.1, 0.15) is 5.54 Å². The van der Waals surface area contributed by atoms with E-state index < -0.39 is 11.6 Å². The first-order valence-corrected chi connectivity index (χ1v) is 10.5. The van der Waals surface area contributed by atoms with Crippen LogP contribution in [0.4, 0.5) is 10.5 Å². The van der Waals surface area contributed by atoms with Crippen molar-refractivity contribution in [2.75, 3.05) is 24.5 Å². The van der Waals surface area contributed by atoms with Gasteiger partial charge in [0.2, 0.25) is 5.91 Å². The zero-order valence-electron chi connectivity index (χ0n) is 18.0. The first-order chi connectivity index (χ1) is 14.8. The molecule has 4 amide bonds. The highest BCUT2D eigenvalue weighted by Crippen LogP contribution is 2.28. The summed E-state index contributed by atoms with van der Waals surface area (Å²) in [5, 5.41) is 11.8. The van der Waals surface area contributed by atoms with Crippen LogP contribution in [0.5, 0.6) is 0 Å². The van der Waals surface area contributed by atoms with Gasteiger partial charge in [-0.1, -0.05) is 19.1 Å². The fourth-order valence-corrected chi connectivity index (χ4v) is 4.55. The van der Waals surface area contributed by atoms with Crippen molar-refractivity contribution in [3.05, 3.63) is 36.7 Å². The summed E-state index contributed by atoms with van der Waals surface area (Å²) in [6, 6.07) is 7.96. The monoisotopic (exact) mass is 424 g/mol. The highest BCUT2D eigenvalue weighted by atomic mass is 16.2. The summed E-state index contributed by atoms with van der Waals surface area (Å²) >= 11 is 0. The molecule has 2 aliphatic rings. The third kappa shape index (κ3) is 4.12. The van der Waals surface area contributed by atoms with Crippen molar-refractivity contribution in [1.82, 2.24) is 25.7 Å². The number of nitrogens with one attached hydrogen (secondary N) is 3. The Kier molecular flexibility index (Phi) is 5.43. The van der Waals surface area contributed by atoms with Crippen molar-refractivity contribution in [2.24, 2.45) is 5.92 Å². The van der Waals surface area contributed by atoms with Gasteiger partial charge in [0.15, 0.2) is 0 Å². The van der Waals surface area contributed by atoms with Gasteiger partial charge in [-0.3, -0.25) is 20.0 Å². The van der Waals surface area contributed by atoms with E-state index in [2.05, 4.69) is 50.9 Å². The number of hydrogen-bond donors (Lipinski definition) is 3. The number of nitrogens with zero attached hydrogens (tertiary/aromatic N) is 3. The summed E-state index contributed by atoms with van der Waals surface area (Å²) in [7, 11) is 0. The lowest BCUT2D eigenvalue weighted by Crippen LogP contribution is -2.55. The first kappa shape index (κ1) is 20.9. The van der Waals surface area contributed by atoms with Crippen LogP contribution in [0, 0.1) is 5.92 Å². The number of anilines is 1. The molecule has 2 fully saturated rings. The highest BCUT2D eigenvalue weighted by Gasteiger charge is 2.44. The molecule has 4 rings (SSSR count). The predicted molar refractivity (Wildman–Crippen MR) is 116 cm³/mol. The molecule has 9 heteroatoms. The van der Waals surface area contributed by atoms with E-state index in [9.17, 15) is 14.4 Å². The Morgan fingerprint density at radius 2 is 2.10 bits per heavy atom. The molecule has 0 aliphatic carbocycles. The minimum atomic E-state index is -1.05. The van der Waals surface area contributed by atoms with Crippen molar-refractivity contribution in [3.8, 4) is 11.1 Å². The van der Waals surface area contributed by atoms with Gasteiger partial charge in [0.05, 0.1) is 6.20 Å². The number of urea groups is 1. The van der Waals surface area contributed by atoms with Crippen LogP contribution in [-0.4, -0.2) is 64.2 Å². The number of imide groups is 1. The molecule has 0 bridgehead atoms. The molecule has 31 heavy (non-hydrogen) atoms. The third-order valence-corrected chi connectivity index (χ3v) is 6.20. The Morgan fingerprint density at radius 1 is 1.29 bits per heavy atom. The number of rotatable bonds is 5. The first-order valence-electron chi connectivity index (χ1n) is 10.5. The number of piperazine rings is 1. The molecule has 0 spiro atoms. The van der Waals surface area contributed by atoms with Crippen LogP contribution in [-0.2, 0) is 9.59 Å². The molecule has 164 valence electrons. The van der Waals surface area contributed by atoms with E-state index in [1.807, 2.05) is 24.1 Å². The van der Waals surface area contributed by atoms with Crippen LogP contribution in [0.1, 0.15) is 27.2 Å². The largest absolute Gasteiger partial charge is 0.365 e. The number of aromatic amines is 1. The molecule has 0 radical (unpaired) electrons. The molecule has 2 aromatic rings. The lowest BCUT2D eigenvalue weighted by atomic mass is 9.89. The molecule has 3 heterocycles. The Labute approximate surface area is 181 Å². The van der Waals surface area contributed by atoms with E-state index in [1.165, 1.54) is 0 Å². The maximum atomic E-state index is 13.1. The average molecular weight is 425 g/mol. The van der Waals surface area contributed by atoms with Crippen LogP contribution < -0.4 is 15.5 Å². The summed E-state index contributed by atoms with van der Waals surface area (Å²) in [6.07, 6.45) is 3.94. The van der Waals surface area contributed by atoms with Crippen molar-refractivity contribution < 1.29 is 14.4 Å². The number of aromatic nitrogens is 2. The molecular weight excluding hydrogens is 396 g/mol. The maximum absolute atomic E-state index is 13.1. The molecule has 2 aliphatic heterocycles. The van der Waals surface area contributed by atoms with E-state index in [1.54, 1.807) is 13.1 Å². The summed E-state index contributed by atoms with van der Waals surface area (Å²) in [6.45, 7) is 7.53. The molecule has 3 N–H and O–H groups in total. The van der Waals surface area contributed by atoms with Crippen LogP contribution >= 0.6 is 0 Å². The van der Waals surface area contributed by atoms with Gasteiger partial charge in [-0.05, 0) is 38.0 Å². The van der Waals surface area contributed by atoms with E-state index in [0.29, 0.717) is 13.1 Å². The van der Waals surface area contributed by atoms with Gasteiger partial charge in [-0.15, -0.1) is 0 Å². The second-order valence-corrected chi connectivity index (χ2v) is 8.71. The number of carbonyl (C=O) groups is 3. The molecule has 2 unspecified atom stereocenters. The Hall–Kier alpha value is -3.36. The van der Waals surface area contributed by atoms with E-state index in [-0.39, 0.29) is 30.2 Å². The van der Waals surface area contributed by atoms with Crippen molar-refractivity contribution in [3.63, 3.8) is 0 Å². The van der Waals surface area contributed by atoms with E-state index in [0.717, 1.165) is 23.4 Å². The summed E-state index contributed by atoms with van der Waals surface area (Å²) in [5.41, 5.74) is 2.20. The lowest BCUT2D eigenvalue weighted by Gasteiger charge is -2.42. The number of hydrogen-bond acceptors (Lipinski definition) is 5. The SMILES string of the molecule is CC(CC1(C)NC(=O)NC1=O)C(=O)N1CCN(c2cccc(-c3cn[nH]c3)c2)[C@@H](C)C1. The highest BCUT2D eigenvalue weighted by molar-refractivity contribution is 6.07. The number of amides is 4. The van der Waals surface area contributed by atoms with Gasteiger partial charge in [0, 0.05) is 49.0 Å². The number of carbonyl (C=O) groups excluding carboxylic acids is 3. The van der Waals surface area contributed by atoms with Crippen LogP contribution in [0.15, 0.2) is 36.7 Å². The maximum Gasteiger partial charge on any atom is 0.322 e. The molecule has 9 nitrogen and oxygen atoms in total. The van der Waals surface area contributed by atoms with Crippen LogP contribution in [0.3, 0.4) is 0 Å². The smallest absolute Gasteiger partial charge is 0.322 e. The summed E-state index contributed by atoms with van der Waals surface area (Å²) in [4.78, 5) is 40.8. The topological polar surface area (TPSA) is 110 Å². The molecule has 2 saturated heterocycles. The zero-order chi connectivity index (χ0) is 22.2. The Morgan fingerprint density at radius 3 is 2.74 bits per heavy atom. The van der Waals surface area contributed by atoms with Crippen LogP contribution in [0.2, 0.25) is 0 Å². The standard InChI is InChI=1S/C22H28N6O3/c1-14(10-22(3)20(30)25-21(31)26-22)19(29)27-7-8-28(15(2)13-27)18-6-4-5-16(9-18)17-11-23-24-12-17/h4-6,9,11-12,14-15H,7-8,10,13H2,1-3H3,(H,23,24)(H2,25,26,30,31)/t14?,15-,22?/m0/s1. The number of H-pyrrole nitrogens is 1. The average Bonchev–Trinajstić information content (AvgIpc) is 3.35. The molecule has 0 saturated carbocycles. The fraction of sp³-hybridized carbons (Fsp3) is 0.455. The normalized spacial score (nSPS) is 24.7. The Balaban J connectivity index is 1.40. The van der Waals surface area contributed by atoms with Crippen molar-refractivity contribution in [1.29, 1.82) is 0 Å². The molecular formula is C22H28N6O3. The minimum Gasteiger partial charge on any atom is -0.365 e. The quantitative estimate of drug-likeness (QED) is 0.634. The fourth-order valence-electron chi connectivity index (χ4n) is 4.55. The van der Waals surface area contributed by atoms with E-state index >= 15 is 0 Å². The minimum absolute atomic E-state index is 0.00817. The Bertz CT molecular complexity index is 991. The van der Waals surface area contributed by atoms with E-state index in [4.69, 9.17) is 0 Å². The van der Waals surface area contributed by atoms with Crippen molar-refractivity contribution >= 4 is 23.5 Å². The zero-order valence-corrected chi connectivity index (χ0v) is 18.0. The second-order valence-electron chi connectivity index (χ2n) is 8.71. The van der Waals surface area contributed by atoms with Gasteiger partial charge in [0.25, 0.3) is 5.91 Å². The third-order valence-electron chi connectivity index (χ3n) is 6.20. The van der Waals surface area contributed by atoms with Gasteiger partial charge in [-0.25, -0.2) is 4.79 Å². The molecule has 1 aromatic heterocycles. The summed E-state index contributed by atoms with van der Waals surface area (Å²) < 4.78 is 0. The lowest BCUT2D eigenvalue weighted by molar-refractivity contribution is -0.137. The van der Waals surface area contributed by atoms with Crippen molar-refractivity contribution in [2.45, 2.75) is 38.8 Å². The molecule has 1 aromatic carbocycles. The summed E-state index contributed by atoms with van der Waals surface area (Å²) in [5.74, 6) is -0.751. The van der Waals surface area contributed by atoms with Gasteiger partial charge < -0.3 is 15.1 Å². The number of benzene rings is 1. The predicted octanol–water partition coefficient (Wildman–Crippen LogP) is 1.74. The van der Waals surface area contributed by atoms with Gasteiger partial charge in [-0.2, -0.15) is 5.10 Å².